The number of hydrogen-bond donors (Lipinski definition) is 0. The fourth-order valence-corrected chi connectivity index (χ4v) is 0.755. The molecule has 3 heteroatoms. The number of esters is 1. The van der Waals surface area contributed by atoms with Crippen molar-refractivity contribution in [1.82, 2.24) is 0 Å². The summed E-state index contributed by atoms with van der Waals surface area (Å²) in [6.07, 6.45) is 0.687. The van der Waals surface area contributed by atoms with Gasteiger partial charge in [-0.3, -0.25) is 4.79 Å². The van der Waals surface area contributed by atoms with Gasteiger partial charge in [-0.15, -0.1) is 0 Å². The van der Waals surface area contributed by atoms with Crippen LogP contribution in [0.5, 0.6) is 0 Å². The van der Waals surface area contributed by atoms with Crippen LogP contribution in [0.4, 0.5) is 0 Å². The maximum Gasteiger partial charge on any atom is 0.299 e. The summed E-state index contributed by atoms with van der Waals surface area (Å²) in [6, 6.07) is 0. The first-order chi connectivity index (χ1) is 4.57. The maximum atomic E-state index is 10.7. The van der Waals surface area contributed by atoms with Gasteiger partial charge in [-0.05, 0) is 12.3 Å². The molecule has 0 aromatic carbocycles. The topological polar surface area (TPSA) is 26.3 Å². The highest BCUT2D eigenvalue weighted by molar-refractivity contribution is 6.22. The van der Waals surface area contributed by atoms with Crippen molar-refractivity contribution in [2.45, 2.75) is 26.1 Å². The SMILES string of the molecule is [B]C(CC(C)C)C(=O)OC. The average Bonchev–Trinajstić information content (AvgIpc) is 1.85. The van der Waals surface area contributed by atoms with E-state index < -0.39 is 5.82 Å². The van der Waals surface area contributed by atoms with Crippen molar-refractivity contribution in [1.29, 1.82) is 0 Å². The second-order valence-corrected chi connectivity index (χ2v) is 2.76. The molecule has 0 amide bonds. The van der Waals surface area contributed by atoms with E-state index in [0.29, 0.717) is 12.3 Å². The summed E-state index contributed by atoms with van der Waals surface area (Å²) in [5.41, 5.74) is 0. The number of methoxy groups -OCH3 is 1. The summed E-state index contributed by atoms with van der Waals surface area (Å²) < 4.78 is 4.45. The van der Waals surface area contributed by atoms with Crippen molar-refractivity contribution < 1.29 is 9.53 Å². The van der Waals surface area contributed by atoms with Gasteiger partial charge in [0.25, 0.3) is 5.97 Å². The summed E-state index contributed by atoms with van der Waals surface area (Å²) in [5, 5.41) is 0. The predicted octanol–water partition coefficient (Wildman–Crippen LogP) is 1.16. The van der Waals surface area contributed by atoms with Crippen LogP contribution in [0.3, 0.4) is 0 Å². The zero-order valence-electron chi connectivity index (χ0n) is 6.76. The molecule has 0 aliphatic carbocycles. The fraction of sp³-hybridized carbons (Fsp3) is 0.857. The van der Waals surface area contributed by atoms with Crippen molar-refractivity contribution in [2.75, 3.05) is 7.11 Å². The molecule has 10 heavy (non-hydrogen) atoms. The van der Waals surface area contributed by atoms with Gasteiger partial charge in [0.1, 0.15) is 0 Å². The zero-order chi connectivity index (χ0) is 8.15. The second-order valence-electron chi connectivity index (χ2n) is 2.76. The lowest BCUT2D eigenvalue weighted by molar-refractivity contribution is -0.140. The standard InChI is InChI=1S/C7H13BO2/c1-5(2)4-6(8)7(9)10-3/h5-6H,4H2,1-3H3. The Kier molecular flexibility index (Phi) is 4.16. The van der Waals surface area contributed by atoms with E-state index >= 15 is 0 Å². The van der Waals surface area contributed by atoms with E-state index in [1.165, 1.54) is 7.11 Å². The minimum Gasteiger partial charge on any atom is -0.469 e. The number of carbonyl (C=O) groups is 1. The lowest BCUT2D eigenvalue weighted by Gasteiger charge is -2.10. The molecule has 0 saturated heterocycles. The molecule has 0 aliphatic heterocycles. The largest absolute Gasteiger partial charge is 0.469 e. The predicted molar refractivity (Wildman–Crippen MR) is 41.0 cm³/mol. The molecule has 0 aromatic rings. The van der Waals surface area contributed by atoms with Gasteiger partial charge in [-0.1, -0.05) is 13.8 Å². The molecule has 1 atom stereocenters. The third-order valence-electron chi connectivity index (χ3n) is 1.23. The molecule has 0 heterocycles. The van der Waals surface area contributed by atoms with E-state index in [9.17, 15) is 4.79 Å². The van der Waals surface area contributed by atoms with Crippen molar-refractivity contribution in [3.63, 3.8) is 0 Å². The molecule has 0 fully saturated rings. The Morgan fingerprint density at radius 1 is 1.60 bits per heavy atom. The highest BCUT2D eigenvalue weighted by atomic mass is 16.5. The first-order valence-corrected chi connectivity index (χ1v) is 3.41. The molecule has 0 bridgehead atoms. The number of ether oxygens (including phenoxy) is 1. The van der Waals surface area contributed by atoms with Crippen LogP contribution in [0.25, 0.3) is 0 Å². The molecule has 56 valence electrons. The lowest BCUT2D eigenvalue weighted by Crippen LogP contribution is -2.12. The Hall–Kier alpha value is -0.465. The fourth-order valence-electron chi connectivity index (χ4n) is 0.755. The van der Waals surface area contributed by atoms with Gasteiger partial charge in [-0.25, -0.2) is 0 Å². The summed E-state index contributed by atoms with van der Waals surface area (Å²) in [6.45, 7) is 4.03. The van der Waals surface area contributed by atoms with Crippen LogP contribution >= 0.6 is 0 Å². The Morgan fingerprint density at radius 2 is 2.10 bits per heavy atom. The Balaban J connectivity index is 3.61. The molecule has 1 unspecified atom stereocenters. The van der Waals surface area contributed by atoms with Gasteiger partial charge < -0.3 is 4.74 Å². The van der Waals surface area contributed by atoms with Gasteiger partial charge in [0.05, 0.1) is 15.0 Å². The van der Waals surface area contributed by atoms with Gasteiger partial charge in [0, 0.05) is 5.82 Å². The minimum atomic E-state index is -0.454. The third-order valence-corrected chi connectivity index (χ3v) is 1.23. The van der Waals surface area contributed by atoms with Crippen molar-refractivity contribution in [3.05, 3.63) is 0 Å². The first kappa shape index (κ1) is 9.53. The molecule has 2 radical (unpaired) electrons. The molecule has 0 saturated carbocycles. The van der Waals surface area contributed by atoms with Crippen molar-refractivity contribution in [3.8, 4) is 0 Å². The van der Waals surface area contributed by atoms with Crippen LogP contribution in [-0.4, -0.2) is 20.9 Å². The van der Waals surface area contributed by atoms with Crippen LogP contribution in [0, 0.1) is 5.92 Å². The summed E-state index contributed by atoms with van der Waals surface area (Å²) in [7, 11) is 6.80. The zero-order valence-corrected chi connectivity index (χ0v) is 6.76. The van der Waals surface area contributed by atoms with Crippen molar-refractivity contribution >= 4 is 13.8 Å². The van der Waals surface area contributed by atoms with E-state index in [4.69, 9.17) is 7.85 Å². The van der Waals surface area contributed by atoms with Gasteiger partial charge in [-0.2, -0.15) is 0 Å². The van der Waals surface area contributed by atoms with Gasteiger partial charge >= 0.3 is 0 Å². The van der Waals surface area contributed by atoms with Crippen LogP contribution in [-0.2, 0) is 9.53 Å². The first-order valence-electron chi connectivity index (χ1n) is 3.41. The van der Waals surface area contributed by atoms with Crippen LogP contribution in [0.15, 0.2) is 0 Å². The van der Waals surface area contributed by atoms with E-state index in [0.717, 1.165) is 0 Å². The molecule has 0 aliphatic rings. The van der Waals surface area contributed by atoms with Crippen LogP contribution < -0.4 is 0 Å². The van der Waals surface area contributed by atoms with Gasteiger partial charge in [0.15, 0.2) is 0 Å². The molecular formula is C7H13BO2. The summed E-state index contributed by atoms with van der Waals surface area (Å²) in [5.74, 6) is -0.340. The Morgan fingerprint density at radius 3 is 2.40 bits per heavy atom. The van der Waals surface area contributed by atoms with Crippen LogP contribution in [0.2, 0.25) is 5.82 Å². The Labute approximate surface area is 63.4 Å². The van der Waals surface area contributed by atoms with Gasteiger partial charge in [0.2, 0.25) is 0 Å². The van der Waals surface area contributed by atoms with E-state index in [2.05, 4.69) is 4.74 Å². The van der Waals surface area contributed by atoms with E-state index in [-0.39, 0.29) is 5.97 Å². The van der Waals surface area contributed by atoms with E-state index in [1.807, 2.05) is 13.8 Å². The monoisotopic (exact) mass is 140 g/mol. The highest BCUT2D eigenvalue weighted by Gasteiger charge is 2.13. The summed E-state index contributed by atoms with van der Waals surface area (Å²) in [4.78, 5) is 10.7. The molecule has 0 N–H and O–H groups in total. The van der Waals surface area contributed by atoms with Crippen molar-refractivity contribution in [2.24, 2.45) is 5.92 Å². The summed E-state index contributed by atoms with van der Waals surface area (Å²) >= 11 is 0. The average molecular weight is 140 g/mol. The second kappa shape index (κ2) is 4.37. The molecule has 0 aromatic heterocycles. The smallest absolute Gasteiger partial charge is 0.299 e. The number of carbonyl (C=O) groups excluding carboxylic acids is 1. The van der Waals surface area contributed by atoms with E-state index in [1.54, 1.807) is 0 Å². The molecule has 0 spiro atoms. The molecular weight excluding hydrogens is 127 g/mol. The number of hydrogen-bond acceptors (Lipinski definition) is 2. The lowest BCUT2D eigenvalue weighted by atomic mass is 9.81. The Bertz CT molecular complexity index is 112. The molecule has 2 nitrogen and oxygen atoms in total. The maximum absolute atomic E-state index is 10.7. The highest BCUT2D eigenvalue weighted by Crippen LogP contribution is 2.14. The third kappa shape index (κ3) is 3.54. The van der Waals surface area contributed by atoms with Crippen LogP contribution in [0.1, 0.15) is 20.3 Å². The minimum absolute atomic E-state index is 0.325. The normalized spacial score (nSPS) is 13.2. The quantitative estimate of drug-likeness (QED) is 0.434. The molecule has 0 rings (SSSR count). The number of rotatable bonds is 3.